The van der Waals surface area contributed by atoms with Crippen LogP contribution >= 0.6 is 0 Å². The van der Waals surface area contributed by atoms with Gasteiger partial charge in [-0.2, -0.15) is 0 Å². The van der Waals surface area contributed by atoms with E-state index in [1.165, 1.54) is 25.0 Å². The van der Waals surface area contributed by atoms with Gasteiger partial charge in [-0.3, -0.25) is 14.6 Å². The van der Waals surface area contributed by atoms with E-state index >= 15 is 0 Å². The Hall–Kier alpha value is -1.98. The van der Waals surface area contributed by atoms with Gasteiger partial charge in [0.25, 0.3) is 5.91 Å². The first-order valence-electron chi connectivity index (χ1n) is 6.54. The molecule has 3 N–H and O–H groups in total. The largest absolute Gasteiger partial charge is 0.368 e. The molecule has 1 aromatic heterocycles. The highest BCUT2D eigenvalue weighted by molar-refractivity contribution is 5.95. The molecule has 0 spiro atoms. The van der Waals surface area contributed by atoms with Gasteiger partial charge in [0.1, 0.15) is 11.7 Å². The van der Waals surface area contributed by atoms with Gasteiger partial charge in [0.15, 0.2) is 0 Å². The maximum atomic E-state index is 12.0. The van der Waals surface area contributed by atoms with Crippen molar-refractivity contribution in [3.8, 4) is 0 Å². The fraction of sp³-hybridized carbons (Fsp3) is 0.538. The molecule has 1 aromatic rings. The van der Waals surface area contributed by atoms with E-state index in [1.54, 1.807) is 0 Å². The summed E-state index contributed by atoms with van der Waals surface area (Å²) in [5.41, 5.74) is 5.60. The minimum atomic E-state index is -0.616. The highest BCUT2D eigenvalue weighted by atomic mass is 16.2. The van der Waals surface area contributed by atoms with Gasteiger partial charge in [-0.25, -0.2) is 4.98 Å². The van der Waals surface area contributed by atoms with Gasteiger partial charge in [0.05, 0.1) is 6.20 Å². The van der Waals surface area contributed by atoms with Crippen molar-refractivity contribution in [2.24, 2.45) is 11.7 Å². The average Bonchev–Trinajstić information content (AvgIpc) is 2.46. The molecule has 1 heterocycles. The second-order valence-corrected chi connectivity index (χ2v) is 4.84. The number of hydrogen-bond acceptors (Lipinski definition) is 4. The average molecular weight is 262 g/mol. The molecule has 1 aliphatic rings. The fourth-order valence-corrected chi connectivity index (χ4v) is 2.52. The summed E-state index contributed by atoms with van der Waals surface area (Å²) >= 11 is 0. The number of primary amides is 1. The number of nitrogens with one attached hydrogen (secondary N) is 1. The predicted molar refractivity (Wildman–Crippen MR) is 69.1 cm³/mol. The molecular weight excluding hydrogens is 244 g/mol. The van der Waals surface area contributed by atoms with E-state index in [-0.39, 0.29) is 11.6 Å². The van der Waals surface area contributed by atoms with Crippen LogP contribution in [0.5, 0.6) is 0 Å². The Morgan fingerprint density at radius 1 is 1.26 bits per heavy atom. The van der Waals surface area contributed by atoms with Crippen LogP contribution in [0.3, 0.4) is 0 Å². The second-order valence-electron chi connectivity index (χ2n) is 4.84. The molecule has 0 saturated heterocycles. The van der Waals surface area contributed by atoms with Gasteiger partial charge in [0, 0.05) is 12.4 Å². The van der Waals surface area contributed by atoms with Gasteiger partial charge in [-0.05, 0) is 18.8 Å². The highest BCUT2D eigenvalue weighted by Gasteiger charge is 2.29. The summed E-state index contributed by atoms with van der Waals surface area (Å²) in [6, 6.07) is -0.616. The lowest BCUT2D eigenvalue weighted by molar-refractivity contribution is -0.121. The molecule has 0 bridgehead atoms. The van der Waals surface area contributed by atoms with Gasteiger partial charge in [0.2, 0.25) is 5.91 Å². The number of rotatable bonds is 4. The molecule has 2 rings (SSSR count). The lowest BCUT2D eigenvalue weighted by Crippen LogP contribution is -2.49. The van der Waals surface area contributed by atoms with Crippen LogP contribution in [0.2, 0.25) is 0 Å². The van der Waals surface area contributed by atoms with Crippen LogP contribution in [0, 0.1) is 5.92 Å². The van der Waals surface area contributed by atoms with E-state index in [0.29, 0.717) is 0 Å². The van der Waals surface area contributed by atoms with Crippen LogP contribution in [-0.4, -0.2) is 27.8 Å². The molecule has 1 atom stereocenters. The Morgan fingerprint density at radius 2 is 2.00 bits per heavy atom. The molecule has 0 radical (unpaired) electrons. The van der Waals surface area contributed by atoms with Crippen LogP contribution in [0.1, 0.15) is 42.6 Å². The van der Waals surface area contributed by atoms with E-state index in [4.69, 9.17) is 5.73 Å². The standard InChI is InChI=1S/C13H18N4O2/c14-12(18)11(9-4-2-1-3-5-9)17-13(19)10-8-15-6-7-16-10/h6-9,11H,1-5H2,(H2,14,18)(H,17,19)/t11-/m0/s1. The molecule has 6 nitrogen and oxygen atoms in total. The number of nitrogens with two attached hydrogens (primary N) is 1. The summed E-state index contributed by atoms with van der Waals surface area (Å²) in [5.74, 6) is -0.751. The van der Waals surface area contributed by atoms with E-state index in [1.807, 2.05) is 0 Å². The van der Waals surface area contributed by atoms with Crippen molar-refractivity contribution < 1.29 is 9.59 Å². The zero-order chi connectivity index (χ0) is 13.7. The van der Waals surface area contributed by atoms with Crippen LogP contribution < -0.4 is 11.1 Å². The number of hydrogen-bond donors (Lipinski definition) is 2. The zero-order valence-corrected chi connectivity index (χ0v) is 10.7. The fourth-order valence-electron chi connectivity index (χ4n) is 2.52. The topological polar surface area (TPSA) is 98.0 Å². The van der Waals surface area contributed by atoms with Crippen molar-refractivity contribution in [1.82, 2.24) is 15.3 Å². The van der Waals surface area contributed by atoms with E-state index in [2.05, 4.69) is 15.3 Å². The number of amides is 2. The number of carbonyl (C=O) groups excluding carboxylic acids is 2. The van der Waals surface area contributed by atoms with Crippen molar-refractivity contribution in [2.45, 2.75) is 38.1 Å². The molecule has 0 unspecified atom stereocenters. The number of aromatic nitrogens is 2. The predicted octanol–water partition coefficient (Wildman–Crippen LogP) is 0.641. The molecule has 1 aliphatic carbocycles. The minimum Gasteiger partial charge on any atom is -0.368 e. The summed E-state index contributed by atoms with van der Waals surface area (Å²) in [7, 11) is 0. The SMILES string of the molecule is NC(=O)[C@@H](NC(=O)c1cnccn1)C1CCCCC1. The summed E-state index contributed by atoms with van der Waals surface area (Å²) in [6.07, 6.45) is 9.49. The van der Waals surface area contributed by atoms with Gasteiger partial charge < -0.3 is 11.1 Å². The van der Waals surface area contributed by atoms with Crippen LogP contribution in [0.4, 0.5) is 0 Å². The van der Waals surface area contributed by atoms with Crippen molar-refractivity contribution >= 4 is 11.8 Å². The molecule has 1 saturated carbocycles. The smallest absolute Gasteiger partial charge is 0.272 e. The number of nitrogens with zero attached hydrogens (tertiary/aromatic N) is 2. The maximum Gasteiger partial charge on any atom is 0.272 e. The van der Waals surface area contributed by atoms with Gasteiger partial charge in [-0.1, -0.05) is 19.3 Å². The lowest BCUT2D eigenvalue weighted by Gasteiger charge is -2.28. The Kier molecular flexibility index (Phi) is 4.43. The molecule has 1 fully saturated rings. The second kappa shape index (κ2) is 6.26. The third kappa shape index (κ3) is 3.49. The molecule has 19 heavy (non-hydrogen) atoms. The summed E-state index contributed by atoms with van der Waals surface area (Å²) in [6.45, 7) is 0. The van der Waals surface area contributed by atoms with Gasteiger partial charge >= 0.3 is 0 Å². The Bertz CT molecular complexity index is 443. The lowest BCUT2D eigenvalue weighted by atomic mass is 9.83. The summed E-state index contributed by atoms with van der Waals surface area (Å²) < 4.78 is 0. The van der Waals surface area contributed by atoms with Crippen molar-refractivity contribution in [2.75, 3.05) is 0 Å². The van der Waals surface area contributed by atoms with Crippen molar-refractivity contribution in [3.05, 3.63) is 24.3 Å². The van der Waals surface area contributed by atoms with E-state index in [0.717, 1.165) is 25.7 Å². The van der Waals surface area contributed by atoms with Crippen molar-refractivity contribution in [3.63, 3.8) is 0 Å². The third-order valence-electron chi connectivity index (χ3n) is 3.51. The molecule has 6 heteroatoms. The third-order valence-corrected chi connectivity index (χ3v) is 3.51. The Morgan fingerprint density at radius 3 is 2.58 bits per heavy atom. The van der Waals surface area contributed by atoms with E-state index in [9.17, 15) is 9.59 Å². The molecular formula is C13H18N4O2. The summed E-state index contributed by atoms with van der Waals surface area (Å²) in [4.78, 5) is 31.3. The molecule has 2 amide bonds. The Balaban J connectivity index is 2.04. The van der Waals surface area contributed by atoms with Crippen molar-refractivity contribution in [1.29, 1.82) is 0 Å². The summed E-state index contributed by atoms with van der Waals surface area (Å²) in [5, 5.41) is 2.69. The highest BCUT2D eigenvalue weighted by Crippen LogP contribution is 2.26. The van der Waals surface area contributed by atoms with E-state index < -0.39 is 17.9 Å². The molecule has 0 aromatic carbocycles. The van der Waals surface area contributed by atoms with Crippen LogP contribution in [0.15, 0.2) is 18.6 Å². The molecule has 0 aliphatic heterocycles. The Labute approximate surface area is 111 Å². The van der Waals surface area contributed by atoms with Crippen LogP contribution in [0.25, 0.3) is 0 Å². The monoisotopic (exact) mass is 262 g/mol. The van der Waals surface area contributed by atoms with Gasteiger partial charge in [-0.15, -0.1) is 0 Å². The first-order chi connectivity index (χ1) is 9.18. The minimum absolute atomic E-state index is 0.131. The van der Waals surface area contributed by atoms with Crippen LogP contribution in [-0.2, 0) is 4.79 Å². The maximum absolute atomic E-state index is 12.0. The molecule has 102 valence electrons. The normalized spacial score (nSPS) is 17.7. The quantitative estimate of drug-likeness (QED) is 0.832. The number of carbonyl (C=O) groups is 2. The first kappa shape index (κ1) is 13.5. The zero-order valence-electron chi connectivity index (χ0n) is 10.7. The first-order valence-corrected chi connectivity index (χ1v) is 6.54.